The first-order valence-corrected chi connectivity index (χ1v) is 5.60. The van der Waals surface area contributed by atoms with Gasteiger partial charge in [0.1, 0.15) is 5.75 Å². The SMILES string of the molecule is Cc1noc(COc2cccc(-c3nnco3)c2)n1. The van der Waals surface area contributed by atoms with Crippen LogP contribution >= 0.6 is 0 Å². The Morgan fingerprint density at radius 3 is 3.00 bits per heavy atom. The lowest BCUT2D eigenvalue weighted by Crippen LogP contribution is -1.95. The van der Waals surface area contributed by atoms with E-state index < -0.39 is 0 Å². The lowest BCUT2D eigenvalue weighted by atomic mass is 10.2. The number of ether oxygens (including phenoxy) is 1. The maximum Gasteiger partial charge on any atom is 0.264 e. The number of rotatable bonds is 4. The molecular formula is C12H10N4O3. The van der Waals surface area contributed by atoms with Crippen LogP contribution < -0.4 is 4.74 Å². The van der Waals surface area contributed by atoms with E-state index in [2.05, 4.69) is 20.3 Å². The summed E-state index contributed by atoms with van der Waals surface area (Å²) in [6, 6.07) is 7.32. The fourth-order valence-corrected chi connectivity index (χ4v) is 1.56. The van der Waals surface area contributed by atoms with E-state index in [1.54, 1.807) is 13.0 Å². The van der Waals surface area contributed by atoms with Gasteiger partial charge in [-0.1, -0.05) is 11.2 Å². The first-order chi connectivity index (χ1) is 9.31. The molecule has 19 heavy (non-hydrogen) atoms. The van der Waals surface area contributed by atoms with Crippen LogP contribution in [0.25, 0.3) is 11.5 Å². The summed E-state index contributed by atoms with van der Waals surface area (Å²) < 4.78 is 15.6. The summed E-state index contributed by atoms with van der Waals surface area (Å²) >= 11 is 0. The van der Waals surface area contributed by atoms with Crippen molar-refractivity contribution in [3.63, 3.8) is 0 Å². The van der Waals surface area contributed by atoms with Crippen LogP contribution in [-0.2, 0) is 6.61 Å². The van der Waals surface area contributed by atoms with Gasteiger partial charge in [-0.2, -0.15) is 4.98 Å². The van der Waals surface area contributed by atoms with Gasteiger partial charge >= 0.3 is 0 Å². The Hall–Kier alpha value is -2.70. The van der Waals surface area contributed by atoms with Gasteiger partial charge in [-0.05, 0) is 25.1 Å². The molecule has 0 amide bonds. The zero-order valence-electron chi connectivity index (χ0n) is 10.1. The Kier molecular flexibility index (Phi) is 2.93. The van der Waals surface area contributed by atoms with Gasteiger partial charge in [0.2, 0.25) is 12.3 Å². The van der Waals surface area contributed by atoms with Crippen molar-refractivity contribution in [2.75, 3.05) is 0 Å². The zero-order valence-corrected chi connectivity index (χ0v) is 10.1. The van der Waals surface area contributed by atoms with E-state index in [1.165, 1.54) is 6.39 Å². The molecule has 0 saturated carbocycles. The predicted octanol–water partition coefficient (Wildman–Crippen LogP) is 2.01. The molecule has 2 aromatic heterocycles. The minimum atomic E-state index is 0.216. The van der Waals surface area contributed by atoms with E-state index in [-0.39, 0.29) is 6.61 Å². The molecule has 0 bridgehead atoms. The third-order valence-electron chi connectivity index (χ3n) is 2.37. The average Bonchev–Trinajstić information content (AvgIpc) is 3.08. The molecule has 2 heterocycles. The number of aromatic nitrogens is 4. The van der Waals surface area contributed by atoms with Crippen LogP contribution in [0.4, 0.5) is 0 Å². The monoisotopic (exact) mass is 258 g/mol. The van der Waals surface area contributed by atoms with E-state index >= 15 is 0 Å². The van der Waals surface area contributed by atoms with Crippen LogP contribution in [-0.4, -0.2) is 20.3 Å². The minimum absolute atomic E-state index is 0.216. The Balaban J connectivity index is 1.73. The topological polar surface area (TPSA) is 87.1 Å². The van der Waals surface area contributed by atoms with E-state index in [0.717, 1.165) is 5.56 Å². The Morgan fingerprint density at radius 1 is 1.32 bits per heavy atom. The zero-order chi connectivity index (χ0) is 13.1. The molecule has 0 aliphatic rings. The van der Waals surface area contributed by atoms with Crippen molar-refractivity contribution in [3.8, 4) is 17.2 Å². The van der Waals surface area contributed by atoms with Gasteiger partial charge in [-0.15, -0.1) is 10.2 Å². The second kappa shape index (κ2) is 4.89. The standard InChI is InChI=1S/C12H10N4O3/c1-8-14-11(19-16-8)6-17-10-4-2-3-9(5-10)12-15-13-7-18-12/h2-5,7H,6H2,1H3. The number of aryl methyl sites for hydroxylation is 1. The van der Waals surface area contributed by atoms with Crippen molar-refractivity contribution < 1.29 is 13.7 Å². The summed E-state index contributed by atoms with van der Waals surface area (Å²) in [5.41, 5.74) is 0.789. The van der Waals surface area contributed by atoms with Crippen LogP contribution in [0.1, 0.15) is 11.7 Å². The molecule has 1 aromatic carbocycles. The van der Waals surface area contributed by atoms with Crippen molar-refractivity contribution >= 4 is 0 Å². The predicted molar refractivity (Wildman–Crippen MR) is 63.1 cm³/mol. The molecule has 96 valence electrons. The Morgan fingerprint density at radius 2 is 2.26 bits per heavy atom. The van der Waals surface area contributed by atoms with Crippen molar-refractivity contribution in [3.05, 3.63) is 42.4 Å². The first kappa shape index (κ1) is 11.4. The molecule has 0 aliphatic carbocycles. The fraction of sp³-hybridized carbons (Fsp3) is 0.167. The van der Waals surface area contributed by atoms with Crippen molar-refractivity contribution in [1.29, 1.82) is 0 Å². The third kappa shape index (κ3) is 2.59. The normalized spacial score (nSPS) is 10.6. The van der Waals surface area contributed by atoms with Crippen LogP contribution in [0.2, 0.25) is 0 Å². The van der Waals surface area contributed by atoms with Crippen molar-refractivity contribution in [2.24, 2.45) is 0 Å². The van der Waals surface area contributed by atoms with Crippen molar-refractivity contribution in [2.45, 2.75) is 13.5 Å². The molecule has 0 radical (unpaired) electrons. The summed E-state index contributed by atoms with van der Waals surface area (Å²) in [5, 5.41) is 11.2. The van der Waals surface area contributed by atoms with Crippen LogP contribution in [0, 0.1) is 6.92 Å². The highest BCUT2D eigenvalue weighted by molar-refractivity contribution is 5.55. The number of nitrogens with zero attached hydrogens (tertiary/aromatic N) is 4. The van der Waals surface area contributed by atoms with E-state index in [9.17, 15) is 0 Å². The minimum Gasteiger partial charge on any atom is -0.484 e. The lowest BCUT2D eigenvalue weighted by Gasteiger charge is -2.03. The highest BCUT2D eigenvalue weighted by Crippen LogP contribution is 2.22. The molecule has 0 spiro atoms. The van der Waals surface area contributed by atoms with Gasteiger partial charge in [0.05, 0.1) is 0 Å². The summed E-state index contributed by atoms with van der Waals surface area (Å²) in [4.78, 5) is 4.05. The molecule has 0 unspecified atom stereocenters. The molecule has 0 saturated heterocycles. The van der Waals surface area contributed by atoms with Crippen LogP contribution in [0.5, 0.6) is 5.75 Å². The number of benzene rings is 1. The number of hydrogen-bond acceptors (Lipinski definition) is 7. The van der Waals surface area contributed by atoms with Gasteiger partial charge in [-0.3, -0.25) is 0 Å². The maximum absolute atomic E-state index is 5.56. The van der Waals surface area contributed by atoms with Crippen LogP contribution in [0.15, 0.2) is 39.6 Å². The molecular weight excluding hydrogens is 248 g/mol. The van der Waals surface area contributed by atoms with E-state index in [0.29, 0.717) is 23.4 Å². The second-order valence-corrected chi connectivity index (χ2v) is 3.80. The second-order valence-electron chi connectivity index (χ2n) is 3.80. The summed E-state index contributed by atoms with van der Waals surface area (Å²) in [6.07, 6.45) is 1.28. The highest BCUT2D eigenvalue weighted by atomic mass is 16.5. The van der Waals surface area contributed by atoms with Crippen LogP contribution in [0.3, 0.4) is 0 Å². The fourth-order valence-electron chi connectivity index (χ4n) is 1.56. The van der Waals surface area contributed by atoms with E-state index in [1.807, 2.05) is 18.2 Å². The number of hydrogen-bond donors (Lipinski definition) is 0. The molecule has 7 heteroatoms. The Labute approximate surface area is 108 Å². The average molecular weight is 258 g/mol. The summed E-state index contributed by atoms with van der Waals surface area (Å²) in [5.74, 6) is 2.12. The quantitative estimate of drug-likeness (QED) is 0.707. The summed E-state index contributed by atoms with van der Waals surface area (Å²) in [7, 11) is 0. The molecule has 0 atom stereocenters. The lowest BCUT2D eigenvalue weighted by molar-refractivity contribution is 0.242. The molecule has 0 aliphatic heterocycles. The summed E-state index contributed by atoms with van der Waals surface area (Å²) in [6.45, 7) is 1.97. The van der Waals surface area contributed by atoms with Gasteiger partial charge in [0.25, 0.3) is 5.89 Å². The third-order valence-corrected chi connectivity index (χ3v) is 2.37. The molecule has 0 fully saturated rings. The first-order valence-electron chi connectivity index (χ1n) is 5.60. The van der Waals surface area contributed by atoms with Crippen molar-refractivity contribution in [1.82, 2.24) is 20.3 Å². The molecule has 0 N–H and O–H groups in total. The molecule has 7 nitrogen and oxygen atoms in total. The highest BCUT2D eigenvalue weighted by Gasteiger charge is 2.07. The largest absolute Gasteiger partial charge is 0.484 e. The molecule has 3 rings (SSSR count). The molecule has 3 aromatic rings. The van der Waals surface area contributed by atoms with Gasteiger partial charge in [0, 0.05) is 5.56 Å². The van der Waals surface area contributed by atoms with Gasteiger partial charge in [-0.25, -0.2) is 0 Å². The Bertz CT molecular complexity index is 663. The van der Waals surface area contributed by atoms with Gasteiger partial charge < -0.3 is 13.7 Å². The van der Waals surface area contributed by atoms with E-state index in [4.69, 9.17) is 13.7 Å². The maximum atomic E-state index is 5.56. The van der Waals surface area contributed by atoms with Gasteiger partial charge in [0.15, 0.2) is 12.4 Å². The smallest absolute Gasteiger partial charge is 0.264 e.